The zero-order chi connectivity index (χ0) is 14.7. The molecule has 106 valence electrons. The SMILES string of the molecule is Cc1ccc(C(C)C)cc1C(N)c1ccc(CN)cc1. The highest BCUT2D eigenvalue weighted by Gasteiger charge is 2.13. The number of rotatable bonds is 4. The number of nitrogens with two attached hydrogens (primary N) is 2. The van der Waals surface area contributed by atoms with E-state index in [-0.39, 0.29) is 6.04 Å². The zero-order valence-corrected chi connectivity index (χ0v) is 12.6. The monoisotopic (exact) mass is 268 g/mol. The molecule has 2 rings (SSSR count). The molecule has 1 unspecified atom stereocenters. The summed E-state index contributed by atoms with van der Waals surface area (Å²) in [5.41, 5.74) is 18.1. The van der Waals surface area contributed by atoms with Crippen LogP contribution in [0.25, 0.3) is 0 Å². The Hall–Kier alpha value is -1.64. The lowest BCUT2D eigenvalue weighted by Gasteiger charge is -2.18. The van der Waals surface area contributed by atoms with Crippen molar-refractivity contribution < 1.29 is 0 Å². The van der Waals surface area contributed by atoms with Gasteiger partial charge in [-0.1, -0.05) is 56.3 Å². The molecule has 0 amide bonds. The quantitative estimate of drug-likeness (QED) is 0.889. The van der Waals surface area contributed by atoms with Crippen LogP contribution in [0.2, 0.25) is 0 Å². The van der Waals surface area contributed by atoms with Crippen LogP contribution in [0.15, 0.2) is 42.5 Å². The average molecular weight is 268 g/mol. The second-order valence-corrected chi connectivity index (χ2v) is 5.69. The maximum absolute atomic E-state index is 6.45. The molecule has 0 aliphatic heterocycles. The maximum Gasteiger partial charge on any atom is 0.0554 e. The molecule has 0 spiro atoms. The summed E-state index contributed by atoms with van der Waals surface area (Å²) in [6, 6.07) is 14.8. The Balaban J connectivity index is 2.36. The fourth-order valence-electron chi connectivity index (χ4n) is 2.39. The minimum absolute atomic E-state index is 0.0828. The van der Waals surface area contributed by atoms with Crippen LogP contribution in [0.5, 0.6) is 0 Å². The summed E-state index contributed by atoms with van der Waals surface area (Å²) in [5.74, 6) is 0.515. The van der Waals surface area contributed by atoms with Gasteiger partial charge in [0.25, 0.3) is 0 Å². The molecule has 0 bridgehead atoms. The Bertz CT molecular complexity index is 570. The topological polar surface area (TPSA) is 52.0 Å². The van der Waals surface area contributed by atoms with Crippen LogP contribution in [0, 0.1) is 6.92 Å². The number of benzene rings is 2. The van der Waals surface area contributed by atoms with Gasteiger partial charge >= 0.3 is 0 Å². The van der Waals surface area contributed by atoms with Crippen LogP contribution in [0.1, 0.15) is 53.6 Å². The second kappa shape index (κ2) is 6.21. The third-order valence-corrected chi connectivity index (χ3v) is 3.88. The van der Waals surface area contributed by atoms with E-state index < -0.39 is 0 Å². The lowest BCUT2D eigenvalue weighted by atomic mass is 9.91. The molecule has 0 aromatic heterocycles. The lowest BCUT2D eigenvalue weighted by molar-refractivity contribution is 0.829. The highest BCUT2D eigenvalue weighted by atomic mass is 14.6. The summed E-state index contributed by atoms with van der Waals surface area (Å²) >= 11 is 0. The molecule has 2 heteroatoms. The first-order chi connectivity index (χ1) is 9.52. The van der Waals surface area contributed by atoms with E-state index in [9.17, 15) is 0 Å². The van der Waals surface area contributed by atoms with Crippen molar-refractivity contribution in [3.8, 4) is 0 Å². The van der Waals surface area contributed by atoms with Gasteiger partial charge in [0, 0.05) is 6.54 Å². The number of hydrogen-bond acceptors (Lipinski definition) is 2. The van der Waals surface area contributed by atoms with Crippen molar-refractivity contribution in [3.05, 3.63) is 70.3 Å². The van der Waals surface area contributed by atoms with Crippen molar-refractivity contribution in [1.82, 2.24) is 0 Å². The molecule has 2 nitrogen and oxygen atoms in total. The first-order valence-electron chi connectivity index (χ1n) is 7.18. The normalized spacial score (nSPS) is 12.7. The molecule has 0 aliphatic carbocycles. The van der Waals surface area contributed by atoms with Crippen LogP contribution in [0.4, 0.5) is 0 Å². The molecule has 0 radical (unpaired) electrons. The Morgan fingerprint density at radius 1 is 0.950 bits per heavy atom. The van der Waals surface area contributed by atoms with Gasteiger partial charge < -0.3 is 11.5 Å². The molecule has 2 aromatic rings. The van der Waals surface area contributed by atoms with Gasteiger partial charge in [-0.3, -0.25) is 0 Å². The Morgan fingerprint density at radius 3 is 2.10 bits per heavy atom. The fourth-order valence-corrected chi connectivity index (χ4v) is 2.39. The van der Waals surface area contributed by atoms with E-state index in [4.69, 9.17) is 11.5 Å². The van der Waals surface area contributed by atoms with Gasteiger partial charge in [0.2, 0.25) is 0 Å². The van der Waals surface area contributed by atoms with Crippen LogP contribution in [0.3, 0.4) is 0 Å². The van der Waals surface area contributed by atoms with Crippen LogP contribution in [-0.2, 0) is 6.54 Å². The van der Waals surface area contributed by atoms with E-state index >= 15 is 0 Å². The van der Waals surface area contributed by atoms with E-state index in [1.54, 1.807) is 0 Å². The lowest BCUT2D eigenvalue weighted by Crippen LogP contribution is -2.14. The van der Waals surface area contributed by atoms with Gasteiger partial charge in [-0.15, -0.1) is 0 Å². The van der Waals surface area contributed by atoms with Crippen molar-refractivity contribution in [1.29, 1.82) is 0 Å². The molecular weight excluding hydrogens is 244 g/mol. The minimum Gasteiger partial charge on any atom is -0.326 e. The standard InChI is InChI=1S/C18H24N2/c1-12(2)16-7-4-13(3)17(10-16)18(20)15-8-5-14(11-19)6-9-15/h4-10,12,18H,11,19-20H2,1-3H3. The summed E-state index contributed by atoms with van der Waals surface area (Å²) in [4.78, 5) is 0. The largest absolute Gasteiger partial charge is 0.326 e. The molecule has 20 heavy (non-hydrogen) atoms. The Morgan fingerprint density at radius 2 is 1.55 bits per heavy atom. The summed E-state index contributed by atoms with van der Waals surface area (Å²) in [6.45, 7) is 7.09. The molecule has 0 saturated carbocycles. The summed E-state index contributed by atoms with van der Waals surface area (Å²) in [7, 11) is 0. The van der Waals surface area contributed by atoms with Crippen LogP contribution >= 0.6 is 0 Å². The van der Waals surface area contributed by atoms with Gasteiger partial charge in [0.05, 0.1) is 6.04 Å². The second-order valence-electron chi connectivity index (χ2n) is 5.69. The first kappa shape index (κ1) is 14.8. The van der Waals surface area contributed by atoms with Crippen LogP contribution in [-0.4, -0.2) is 0 Å². The summed E-state index contributed by atoms with van der Waals surface area (Å²) < 4.78 is 0. The number of aryl methyl sites for hydroxylation is 1. The average Bonchev–Trinajstić information content (AvgIpc) is 2.47. The van der Waals surface area contributed by atoms with Crippen LogP contribution < -0.4 is 11.5 Å². The molecule has 2 aromatic carbocycles. The zero-order valence-electron chi connectivity index (χ0n) is 12.6. The van der Waals surface area contributed by atoms with Gasteiger partial charge in [-0.25, -0.2) is 0 Å². The smallest absolute Gasteiger partial charge is 0.0554 e. The Labute approximate surface area is 121 Å². The summed E-state index contributed by atoms with van der Waals surface area (Å²) in [6.07, 6.45) is 0. The third-order valence-electron chi connectivity index (χ3n) is 3.88. The van der Waals surface area contributed by atoms with Crippen molar-refractivity contribution >= 4 is 0 Å². The van der Waals surface area contributed by atoms with E-state index in [0.29, 0.717) is 12.5 Å². The van der Waals surface area contributed by atoms with Gasteiger partial charge in [-0.2, -0.15) is 0 Å². The predicted molar refractivity (Wildman–Crippen MR) is 85.6 cm³/mol. The highest BCUT2D eigenvalue weighted by Crippen LogP contribution is 2.26. The molecule has 0 heterocycles. The molecule has 1 atom stereocenters. The highest BCUT2D eigenvalue weighted by molar-refractivity contribution is 5.40. The van der Waals surface area contributed by atoms with Crippen molar-refractivity contribution in [2.45, 2.75) is 39.3 Å². The maximum atomic E-state index is 6.45. The van der Waals surface area contributed by atoms with Gasteiger partial charge in [-0.05, 0) is 40.7 Å². The van der Waals surface area contributed by atoms with Gasteiger partial charge in [0.1, 0.15) is 0 Å². The van der Waals surface area contributed by atoms with E-state index in [2.05, 4.69) is 63.2 Å². The Kier molecular flexibility index (Phi) is 4.58. The molecule has 0 aliphatic rings. The van der Waals surface area contributed by atoms with E-state index in [1.807, 2.05) is 0 Å². The van der Waals surface area contributed by atoms with Gasteiger partial charge in [0.15, 0.2) is 0 Å². The number of hydrogen-bond donors (Lipinski definition) is 2. The fraction of sp³-hybridized carbons (Fsp3) is 0.333. The molecular formula is C18H24N2. The predicted octanol–water partition coefficient (Wildman–Crippen LogP) is 3.63. The third kappa shape index (κ3) is 3.09. The van der Waals surface area contributed by atoms with Crippen molar-refractivity contribution in [2.24, 2.45) is 11.5 Å². The molecule has 4 N–H and O–H groups in total. The molecule has 0 fully saturated rings. The van der Waals surface area contributed by atoms with Crippen molar-refractivity contribution in [3.63, 3.8) is 0 Å². The van der Waals surface area contributed by atoms with E-state index in [1.165, 1.54) is 16.7 Å². The van der Waals surface area contributed by atoms with Crippen molar-refractivity contribution in [2.75, 3.05) is 0 Å². The minimum atomic E-state index is -0.0828. The first-order valence-corrected chi connectivity index (χ1v) is 7.18. The molecule has 0 saturated heterocycles. The summed E-state index contributed by atoms with van der Waals surface area (Å²) in [5, 5.41) is 0. The van der Waals surface area contributed by atoms with E-state index in [0.717, 1.165) is 11.1 Å².